The number of piperidine rings is 1. The Morgan fingerprint density at radius 2 is 1.82 bits per heavy atom. The van der Waals surface area contributed by atoms with Crippen LogP contribution in [0.3, 0.4) is 0 Å². The van der Waals surface area contributed by atoms with Crippen LogP contribution in [0, 0.1) is 5.92 Å². The molecule has 2 aromatic carbocycles. The van der Waals surface area contributed by atoms with Gasteiger partial charge in [0.15, 0.2) is 0 Å². The highest BCUT2D eigenvalue weighted by Crippen LogP contribution is 2.28. The average molecular weight is 448 g/mol. The summed E-state index contributed by atoms with van der Waals surface area (Å²) >= 11 is 0. The summed E-state index contributed by atoms with van der Waals surface area (Å²) in [4.78, 5) is 41.3. The normalized spacial score (nSPS) is 16.7. The van der Waals surface area contributed by atoms with Crippen LogP contribution in [0.25, 0.3) is 0 Å². The van der Waals surface area contributed by atoms with E-state index in [1.54, 1.807) is 24.3 Å². The molecular formula is C26H29N3O4. The highest BCUT2D eigenvalue weighted by Gasteiger charge is 2.36. The first-order valence-corrected chi connectivity index (χ1v) is 11.4. The third kappa shape index (κ3) is 5.08. The van der Waals surface area contributed by atoms with Gasteiger partial charge in [-0.15, -0.1) is 0 Å². The van der Waals surface area contributed by atoms with Gasteiger partial charge in [0, 0.05) is 31.3 Å². The molecule has 7 heteroatoms. The molecule has 2 aromatic rings. The zero-order chi connectivity index (χ0) is 23.4. The SMILES string of the molecule is CCOc1cccc(CNC(=O)c2ccc(N3C(=O)C=C(N4CCC(C)CC4)C3=O)cc2)c1. The Balaban J connectivity index is 1.38. The maximum Gasteiger partial charge on any atom is 0.281 e. The first-order valence-electron chi connectivity index (χ1n) is 11.4. The van der Waals surface area contributed by atoms with E-state index in [2.05, 4.69) is 12.2 Å². The second-order valence-corrected chi connectivity index (χ2v) is 8.49. The molecule has 2 aliphatic heterocycles. The number of benzene rings is 2. The number of hydrogen-bond donors (Lipinski definition) is 1. The molecule has 0 atom stereocenters. The molecule has 2 heterocycles. The molecule has 0 aromatic heterocycles. The van der Waals surface area contributed by atoms with E-state index in [-0.39, 0.29) is 17.7 Å². The molecule has 0 aliphatic carbocycles. The Kier molecular flexibility index (Phi) is 6.77. The Labute approximate surface area is 194 Å². The lowest BCUT2D eigenvalue weighted by Gasteiger charge is -2.32. The molecule has 0 bridgehead atoms. The minimum absolute atomic E-state index is 0.233. The standard InChI is InChI=1S/C26H29N3O4/c1-3-33-22-6-4-5-19(15-22)17-27-25(31)20-7-9-21(10-8-20)29-24(30)16-23(26(29)32)28-13-11-18(2)12-14-28/h4-10,15-16,18H,3,11-14,17H2,1-2H3,(H,27,31). The molecule has 0 saturated carbocycles. The van der Waals surface area contributed by atoms with Crippen molar-refractivity contribution in [2.45, 2.75) is 33.2 Å². The number of nitrogens with zero attached hydrogens (tertiary/aromatic N) is 2. The minimum Gasteiger partial charge on any atom is -0.494 e. The minimum atomic E-state index is -0.347. The third-order valence-corrected chi connectivity index (χ3v) is 6.08. The van der Waals surface area contributed by atoms with Crippen LogP contribution in [0.2, 0.25) is 0 Å². The molecule has 2 aliphatic rings. The highest BCUT2D eigenvalue weighted by molar-refractivity contribution is 6.30. The summed E-state index contributed by atoms with van der Waals surface area (Å²) in [6.07, 6.45) is 3.45. The quantitative estimate of drug-likeness (QED) is 0.658. The van der Waals surface area contributed by atoms with E-state index in [4.69, 9.17) is 4.74 Å². The van der Waals surface area contributed by atoms with E-state index in [9.17, 15) is 14.4 Å². The van der Waals surface area contributed by atoms with Gasteiger partial charge in [0.1, 0.15) is 11.4 Å². The van der Waals surface area contributed by atoms with Crippen LogP contribution in [0.5, 0.6) is 5.75 Å². The molecule has 7 nitrogen and oxygen atoms in total. The molecule has 33 heavy (non-hydrogen) atoms. The largest absolute Gasteiger partial charge is 0.494 e. The van der Waals surface area contributed by atoms with E-state index >= 15 is 0 Å². The van der Waals surface area contributed by atoms with Crippen molar-refractivity contribution in [3.05, 3.63) is 71.4 Å². The van der Waals surface area contributed by atoms with Gasteiger partial charge in [0.2, 0.25) is 0 Å². The predicted octanol–water partition coefficient (Wildman–Crippen LogP) is 3.50. The maximum absolute atomic E-state index is 13.0. The van der Waals surface area contributed by atoms with Gasteiger partial charge in [0.05, 0.1) is 12.3 Å². The number of nitrogens with one attached hydrogen (secondary N) is 1. The number of likely N-dealkylation sites (tertiary alicyclic amines) is 1. The van der Waals surface area contributed by atoms with Gasteiger partial charge >= 0.3 is 0 Å². The first-order chi connectivity index (χ1) is 16.0. The van der Waals surface area contributed by atoms with Gasteiger partial charge in [-0.2, -0.15) is 0 Å². The number of hydrogen-bond acceptors (Lipinski definition) is 5. The fourth-order valence-electron chi connectivity index (χ4n) is 4.14. The lowest BCUT2D eigenvalue weighted by atomic mass is 9.99. The summed E-state index contributed by atoms with van der Waals surface area (Å²) in [5, 5.41) is 2.89. The molecule has 1 N–H and O–H groups in total. The first kappa shape index (κ1) is 22.6. The van der Waals surface area contributed by atoms with Crippen molar-refractivity contribution in [2.24, 2.45) is 5.92 Å². The van der Waals surface area contributed by atoms with E-state index < -0.39 is 0 Å². The van der Waals surface area contributed by atoms with Crippen molar-refractivity contribution in [3.8, 4) is 5.75 Å². The maximum atomic E-state index is 13.0. The number of carbonyl (C=O) groups is 3. The van der Waals surface area contributed by atoms with Crippen molar-refractivity contribution in [3.63, 3.8) is 0 Å². The van der Waals surface area contributed by atoms with Crippen LogP contribution in [0.4, 0.5) is 5.69 Å². The highest BCUT2D eigenvalue weighted by atomic mass is 16.5. The van der Waals surface area contributed by atoms with Crippen molar-refractivity contribution < 1.29 is 19.1 Å². The van der Waals surface area contributed by atoms with Crippen LogP contribution < -0.4 is 15.0 Å². The zero-order valence-electron chi connectivity index (χ0n) is 19.0. The number of ether oxygens (including phenoxy) is 1. The monoisotopic (exact) mass is 447 g/mol. The van der Waals surface area contributed by atoms with Crippen LogP contribution in [-0.4, -0.2) is 42.3 Å². The van der Waals surface area contributed by atoms with Gasteiger partial charge < -0.3 is 15.0 Å². The van der Waals surface area contributed by atoms with Crippen molar-refractivity contribution >= 4 is 23.4 Å². The van der Waals surface area contributed by atoms with Gasteiger partial charge in [0.25, 0.3) is 17.7 Å². The molecule has 0 radical (unpaired) electrons. The predicted molar refractivity (Wildman–Crippen MR) is 126 cm³/mol. The van der Waals surface area contributed by atoms with Gasteiger partial charge in [-0.25, -0.2) is 4.90 Å². The van der Waals surface area contributed by atoms with Crippen LogP contribution in [-0.2, 0) is 16.1 Å². The number of amides is 3. The number of anilines is 1. The third-order valence-electron chi connectivity index (χ3n) is 6.08. The Morgan fingerprint density at radius 3 is 2.52 bits per heavy atom. The van der Waals surface area contributed by atoms with Crippen molar-refractivity contribution in [1.82, 2.24) is 10.2 Å². The van der Waals surface area contributed by atoms with Crippen LogP contribution in [0.15, 0.2) is 60.3 Å². The van der Waals surface area contributed by atoms with Crippen LogP contribution in [0.1, 0.15) is 42.6 Å². The van der Waals surface area contributed by atoms with E-state index in [1.165, 1.54) is 11.0 Å². The van der Waals surface area contributed by atoms with E-state index in [0.29, 0.717) is 36.0 Å². The average Bonchev–Trinajstić information content (AvgIpc) is 3.12. The molecule has 4 rings (SSSR count). The lowest BCUT2D eigenvalue weighted by molar-refractivity contribution is -0.121. The summed E-state index contributed by atoms with van der Waals surface area (Å²) in [6.45, 7) is 6.64. The lowest BCUT2D eigenvalue weighted by Crippen LogP contribution is -2.38. The second-order valence-electron chi connectivity index (χ2n) is 8.49. The summed E-state index contributed by atoms with van der Waals surface area (Å²) in [6, 6.07) is 14.1. The summed E-state index contributed by atoms with van der Waals surface area (Å²) < 4.78 is 5.49. The summed E-state index contributed by atoms with van der Waals surface area (Å²) in [5.74, 6) is 0.516. The summed E-state index contributed by atoms with van der Waals surface area (Å²) in [7, 11) is 0. The van der Waals surface area contributed by atoms with E-state index in [0.717, 1.165) is 37.2 Å². The zero-order valence-corrected chi connectivity index (χ0v) is 19.0. The molecule has 0 unspecified atom stereocenters. The van der Waals surface area contributed by atoms with Gasteiger partial charge in [-0.3, -0.25) is 14.4 Å². The fraction of sp³-hybridized carbons (Fsp3) is 0.346. The van der Waals surface area contributed by atoms with E-state index in [1.807, 2.05) is 36.1 Å². The smallest absolute Gasteiger partial charge is 0.281 e. The van der Waals surface area contributed by atoms with Crippen molar-refractivity contribution in [2.75, 3.05) is 24.6 Å². The molecular weight excluding hydrogens is 418 g/mol. The molecule has 0 spiro atoms. The van der Waals surface area contributed by atoms with Gasteiger partial charge in [-0.1, -0.05) is 19.1 Å². The Morgan fingerprint density at radius 1 is 1.09 bits per heavy atom. The van der Waals surface area contributed by atoms with Gasteiger partial charge in [-0.05, 0) is 67.6 Å². The fourth-order valence-corrected chi connectivity index (χ4v) is 4.14. The molecule has 1 fully saturated rings. The number of rotatable bonds is 7. The van der Waals surface area contributed by atoms with Crippen molar-refractivity contribution in [1.29, 1.82) is 0 Å². The Hall–Kier alpha value is -3.61. The second kappa shape index (κ2) is 9.90. The van der Waals surface area contributed by atoms with Crippen LogP contribution >= 0.6 is 0 Å². The topological polar surface area (TPSA) is 79.0 Å². The number of carbonyl (C=O) groups excluding carboxylic acids is 3. The Bertz CT molecular complexity index is 1070. The molecule has 172 valence electrons. The number of imide groups is 1. The summed E-state index contributed by atoms with van der Waals surface area (Å²) in [5.41, 5.74) is 2.31. The molecule has 3 amide bonds. The molecule has 1 saturated heterocycles.